The Morgan fingerprint density at radius 2 is 2.07 bits per heavy atom. The van der Waals surface area contributed by atoms with Gasteiger partial charge < -0.3 is 21.8 Å². The lowest BCUT2D eigenvalue weighted by Crippen LogP contribution is -2.37. The van der Waals surface area contributed by atoms with Crippen LogP contribution in [0.4, 0.5) is 20.2 Å². The first kappa shape index (κ1) is 21.5. The normalized spacial score (nSPS) is 15.7. The molecule has 158 valence electrons. The van der Waals surface area contributed by atoms with E-state index in [0.717, 1.165) is 18.3 Å². The van der Waals surface area contributed by atoms with Gasteiger partial charge in [0.1, 0.15) is 23.4 Å². The smallest absolute Gasteiger partial charge is 0.257 e. The number of hydrogen-bond donors (Lipinski definition) is 5. The summed E-state index contributed by atoms with van der Waals surface area (Å²) in [5, 5.41) is 14.6. The molecule has 1 aliphatic heterocycles. The van der Waals surface area contributed by atoms with Gasteiger partial charge in [-0.05, 0) is 36.8 Å². The fraction of sp³-hybridized carbons (Fsp3) is 0.211. The molecule has 8 nitrogen and oxygen atoms in total. The Morgan fingerprint density at radius 3 is 2.67 bits per heavy atom. The summed E-state index contributed by atoms with van der Waals surface area (Å²) in [4.78, 5) is 16.2. The first-order chi connectivity index (χ1) is 14.3. The zero-order valence-corrected chi connectivity index (χ0v) is 16.9. The Hall–Kier alpha value is -3.24. The summed E-state index contributed by atoms with van der Waals surface area (Å²) in [6, 6.07) is 5.36. The Balaban J connectivity index is 1.88. The lowest BCUT2D eigenvalue weighted by Gasteiger charge is -2.18. The average molecular weight is 436 g/mol. The molecular weight excluding hydrogens is 416 g/mol. The van der Waals surface area contributed by atoms with Crippen LogP contribution in [0, 0.1) is 17.0 Å². The van der Waals surface area contributed by atoms with E-state index in [4.69, 9.17) is 22.7 Å². The summed E-state index contributed by atoms with van der Waals surface area (Å²) in [6.45, 7) is 1.91. The number of anilines is 2. The van der Waals surface area contributed by atoms with E-state index in [0.29, 0.717) is 22.9 Å². The zero-order valence-electron chi connectivity index (χ0n) is 16.2. The van der Waals surface area contributed by atoms with Crippen LogP contribution in [0.25, 0.3) is 0 Å². The SMILES string of the molecule is CCNC(=O)c1c(F)cc(C2N=C(Nc3ccc(N)c(C=N)c3Cl)N(C)N2)cc1F. The summed E-state index contributed by atoms with van der Waals surface area (Å²) in [6.07, 6.45) is 0.255. The quantitative estimate of drug-likeness (QED) is 0.365. The second-order valence-electron chi connectivity index (χ2n) is 6.46. The topological polar surface area (TPSA) is 119 Å². The van der Waals surface area contributed by atoms with Crippen LogP contribution in [0.1, 0.15) is 34.6 Å². The van der Waals surface area contributed by atoms with Crippen LogP contribution in [-0.4, -0.2) is 36.7 Å². The molecule has 0 aliphatic carbocycles. The third-order valence-electron chi connectivity index (χ3n) is 4.43. The van der Waals surface area contributed by atoms with Crippen molar-refractivity contribution in [3.8, 4) is 0 Å². The van der Waals surface area contributed by atoms with Crippen LogP contribution in [0.5, 0.6) is 0 Å². The van der Waals surface area contributed by atoms with Gasteiger partial charge in [0.2, 0.25) is 5.96 Å². The van der Waals surface area contributed by atoms with E-state index in [1.807, 2.05) is 0 Å². The Kier molecular flexibility index (Phi) is 6.18. The number of amides is 1. The standard InChI is InChI=1S/C19H20ClF2N7O/c1-3-25-18(30)15-11(21)6-9(7-12(15)22)17-27-19(29(2)28-17)26-14-5-4-13(24)10(8-23)16(14)20/h4-8,17,23,28H,3,24H2,1-2H3,(H,25,30)(H,26,27). The van der Waals surface area contributed by atoms with Crippen molar-refractivity contribution in [2.24, 2.45) is 4.99 Å². The molecule has 0 saturated carbocycles. The number of nitrogens with one attached hydrogen (secondary N) is 4. The molecule has 2 aromatic rings. The van der Waals surface area contributed by atoms with Gasteiger partial charge in [0, 0.05) is 31.1 Å². The molecule has 0 bridgehead atoms. The van der Waals surface area contributed by atoms with Crippen molar-refractivity contribution >= 4 is 41.1 Å². The number of hydrogen-bond acceptors (Lipinski definition) is 7. The molecule has 6 N–H and O–H groups in total. The number of carbonyl (C=O) groups is 1. The van der Waals surface area contributed by atoms with E-state index in [1.54, 1.807) is 26.1 Å². The van der Waals surface area contributed by atoms with Crippen molar-refractivity contribution in [2.45, 2.75) is 13.1 Å². The van der Waals surface area contributed by atoms with Crippen molar-refractivity contribution < 1.29 is 13.6 Å². The van der Waals surface area contributed by atoms with Crippen molar-refractivity contribution in [2.75, 3.05) is 24.6 Å². The first-order valence-corrected chi connectivity index (χ1v) is 9.34. The molecule has 11 heteroatoms. The Labute approximate surface area is 176 Å². The molecule has 0 fully saturated rings. The van der Waals surface area contributed by atoms with Gasteiger partial charge in [-0.3, -0.25) is 9.80 Å². The van der Waals surface area contributed by atoms with Crippen molar-refractivity contribution in [1.29, 1.82) is 5.41 Å². The van der Waals surface area contributed by atoms with Crippen LogP contribution in [-0.2, 0) is 0 Å². The molecule has 2 aromatic carbocycles. The number of nitrogen functional groups attached to an aromatic ring is 1. The monoisotopic (exact) mass is 435 g/mol. The van der Waals surface area contributed by atoms with Crippen LogP contribution in [0.3, 0.4) is 0 Å². The highest BCUT2D eigenvalue weighted by molar-refractivity contribution is 6.36. The number of carbonyl (C=O) groups excluding carboxylic acids is 1. The third-order valence-corrected chi connectivity index (χ3v) is 4.84. The van der Waals surface area contributed by atoms with E-state index in [2.05, 4.69) is 21.1 Å². The fourth-order valence-corrected chi connectivity index (χ4v) is 3.21. The zero-order chi connectivity index (χ0) is 22.0. The molecule has 0 spiro atoms. The maximum Gasteiger partial charge on any atom is 0.257 e. The number of benzene rings is 2. The molecule has 0 saturated heterocycles. The van der Waals surface area contributed by atoms with Gasteiger partial charge in [-0.25, -0.2) is 19.2 Å². The van der Waals surface area contributed by atoms with Gasteiger partial charge in [-0.2, -0.15) is 0 Å². The second-order valence-corrected chi connectivity index (χ2v) is 6.84. The number of nitrogens with two attached hydrogens (primary N) is 1. The molecule has 0 aromatic heterocycles. The van der Waals surface area contributed by atoms with Crippen molar-refractivity contribution in [3.63, 3.8) is 0 Å². The van der Waals surface area contributed by atoms with Crippen LogP contribution in [0.15, 0.2) is 29.3 Å². The van der Waals surface area contributed by atoms with Crippen LogP contribution in [0.2, 0.25) is 5.02 Å². The number of aliphatic imine (C=N–C) groups is 1. The minimum absolute atomic E-state index is 0.199. The molecule has 3 rings (SSSR count). The van der Waals surface area contributed by atoms with E-state index < -0.39 is 29.3 Å². The van der Waals surface area contributed by atoms with E-state index >= 15 is 0 Å². The van der Waals surface area contributed by atoms with Crippen LogP contribution >= 0.6 is 11.6 Å². The van der Waals surface area contributed by atoms with Gasteiger partial charge in [-0.15, -0.1) is 0 Å². The maximum atomic E-state index is 14.4. The molecule has 1 heterocycles. The molecule has 1 atom stereocenters. The maximum absolute atomic E-state index is 14.4. The van der Waals surface area contributed by atoms with E-state index in [-0.39, 0.29) is 17.1 Å². The number of nitrogens with zero attached hydrogens (tertiary/aromatic N) is 2. The molecular formula is C19H20ClF2N7O. The molecule has 1 aliphatic rings. The first-order valence-electron chi connectivity index (χ1n) is 8.97. The van der Waals surface area contributed by atoms with E-state index in [9.17, 15) is 13.6 Å². The highest BCUT2D eigenvalue weighted by Crippen LogP contribution is 2.30. The third kappa shape index (κ3) is 4.05. The highest BCUT2D eigenvalue weighted by atomic mass is 35.5. The Morgan fingerprint density at radius 1 is 1.40 bits per heavy atom. The predicted molar refractivity (Wildman–Crippen MR) is 113 cm³/mol. The summed E-state index contributed by atoms with van der Waals surface area (Å²) in [5.41, 5.74) is 9.49. The molecule has 1 amide bonds. The van der Waals surface area contributed by atoms with Crippen LogP contribution < -0.4 is 21.8 Å². The Bertz CT molecular complexity index is 1020. The van der Waals surface area contributed by atoms with E-state index in [1.165, 1.54) is 5.01 Å². The van der Waals surface area contributed by atoms with Gasteiger partial charge in [-0.1, -0.05) is 11.6 Å². The second kappa shape index (κ2) is 8.64. The predicted octanol–water partition coefficient (Wildman–Crippen LogP) is 2.86. The lowest BCUT2D eigenvalue weighted by atomic mass is 10.1. The lowest BCUT2D eigenvalue weighted by molar-refractivity contribution is 0.0947. The molecule has 30 heavy (non-hydrogen) atoms. The summed E-state index contributed by atoms with van der Waals surface area (Å²) in [5.74, 6) is -2.44. The summed E-state index contributed by atoms with van der Waals surface area (Å²) in [7, 11) is 1.66. The van der Waals surface area contributed by atoms with Crippen molar-refractivity contribution in [1.82, 2.24) is 15.8 Å². The largest absolute Gasteiger partial charge is 0.398 e. The highest BCUT2D eigenvalue weighted by Gasteiger charge is 2.27. The van der Waals surface area contributed by atoms with Gasteiger partial charge in [0.05, 0.1) is 10.7 Å². The van der Waals surface area contributed by atoms with Gasteiger partial charge >= 0.3 is 0 Å². The molecule has 0 radical (unpaired) electrons. The minimum atomic E-state index is -0.978. The number of hydrazine groups is 1. The molecule has 1 unspecified atom stereocenters. The summed E-state index contributed by atoms with van der Waals surface area (Å²) >= 11 is 6.28. The van der Waals surface area contributed by atoms with Gasteiger partial charge in [0.15, 0.2) is 0 Å². The average Bonchev–Trinajstić information content (AvgIpc) is 3.04. The van der Waals surface area contributed by atoms with Crippen molar-refractivity contribution in [3.05, 3.63) is 57.6 Å². The number of rotatable bonds is 5. The number of halogens is 3. The number of guanidine groups is 1. The minimum Gasteiger partial charge on any atom is -0.398 e. The van der Waals surface area contributed by atoms with Gasteiger partial charge in [0.25, 0.3) is 5.91 Å². The fourth-order valence-electron chi connectivity index (χ4n) is 2.94. The summed E-state index contributed by atoms with van der Waals surface area (Å²) < 4.78 is 28.8.